The second kappa shape index (κ2) is 9.91. The van der Waals surface area contributed by atoms with Crippen molar-refractivity contribution < 1.29 is 15.0 Å². The molecule has 3 N–H and O–H groups in total. The Bertz CT molecular complexity index is 1230. The first kappa shape index (κ1) is 22.7. The highest BCUT2D eigenvalue weighted by molar-refractivity contribution is 5.77. The van der Waals surface area contributed by atoms with E-state index in [-0.39, 0.29) is 35.6 Å². The molecule has 0 radical (unpaired) electrons. The van der Waals surface area contributed by atoms with Gasteiger partial charge in [-0.15, -0.1) is 10.2 Å². The molecule has 0 aliphatic heterocycles. The van der Waals surface area contributed by atoms with Crippen molar-refractivity contribution in [2.75, 3.05) is 0 Å². The molecule has 0 aliphatic carbocycles. The highest BCUT2D eigenvalue weighted by Gasteiger charge is 2.12. The van der Waals surface area contributed by atoms with Crippen LogP contribution in [0.25, 0.3) is 12.2 Å². The zero-order valence-electron chi connectivity index (χ0n) is 18.3. The molecule has 3 rings (SSSR count). The molecular weight excluding hydrogens is 408 g/mol. The minimum atomic E-state index is -0.914. The number of hydrogen-bond acceptors (Lipinski definition) is 5. The number of aromatic hydroxyl groups is 1. The number of phenolic OH excluding ortho intramolecular Hbond substituents is 1. The van der Waals surface area contributed by atoms with Crippen LogP contribution in [0.15, 0.2) is 51.4 Å². The Labute approximate surface area is 185 Å². The Morgan fingerprint density at radius 1 is 1.06 bits per heavy atom. The highest BCUT2D eigenvalue weighted by Crippen LogP contribution is 2.33. The van der Waals surface area contributed by atoms with Gasteiger partial charge in [-0.3, -0.25) is 19.4 Å². The summed E-state index contributed by atoms with van der Waals surface area (Å²) in [7, 11) is 0. The average molecular weight is 434 g/mol. The summed E-state index contributed by atoms with van der Waals surface area (Å²) in [5.74, 6) is -0.947. The molecule has 0 saturated carbocycles. The van der Waals surface area contributed by atoms with Crippen molar-refractivity contribution in [3.05, 3.63) is 74.7 Å². The van der Waals surface area contributed by atoms with Crippen LogP contribution >= 0.6 is 0 Å². The number of carboxylic acids is 1. The summed E-state index contributed by atoms with van der Waals surface area (Å²) in [6, 6.07) is 11.2. The van der Waals surface area contributed by atoms with Gasteiger partial charge in [0.2, 0.25) is 0 Å². The predicted molar refractivity (Wildman–Crippen MR) is 124 cm³/mol. The molecule has 0 fully saturated rings. The third-order valence-corrected chi connectivity index (χ3v) is 5.15. The number of para-hydroxylation sites is 1. The summed E-state index contributed by atoms with van der Waals surface area (Å²) < 4.78 is 1.32. The number of aryl methyl sites for hydroxylation is 4. The second-order valence-corrected chi connectivity index (χ2v) is 7.59. The Balaban J connectivity index is 1.83. The molecule has 1 aromatic heterocycles. The molecule has 0 saturated heterocycles. The maximum absolute atomic E-state index is 12.5. The second-order valence-electron chi connectivity index (χ2n) is 7.59. The van der Waals surface area contributed by atoms with Crippen LogP contribution < -0.4 is 5.56 Å². The number of nitrogens with zero attached hydrogens (tertiary/aromatic N) is 3. The fraction of sp³-hybridized carbons (Fsp3) is 0.250. The lowest BCUT2D eigenvalue weighted by atomic mass is 10.0. The fourth-order valence-electron chi connectivity index (χ4n) is 3.39. The van der Waals surface area contributed by atoms with Gasteiger partial charge in [0.25, 0.3) is 5.56 Å². The van der Waals surface area contributed by atoms with Crippen LogP contribution in [-0.2, 0) is 11.3 Å². The van der Waals surface area contributed by atoms with Crippen molar-refractivity contribution in [1.29, 1.82) is 0 Å². The number of aromatic nitrogens is 2. The van der Waals surface area contributed by atoms with Gasteiger partial charge in [-0.1, -0.05) is 42.5 Å². The Morgan fingerprint density at radius 2 is 1.75 bits per heavy atom. The van der Waals surface area contributed by atoms with E-state index in [1.54, 1.807) is 25.1 Å². The van der Waals surface area contributed by atoms with Gasteiger partial charge in [0, 0.05) is 18.5 Å². The number of rotatable bonds is 8. The fourth-order valence-corrected chi connectivity index (χ4v) is 3.39. The number of phenols is 1. The number of aromatic amines is 1. The summed E-state index contributed by atoms with van der Waals surface area (Å²) in [5, 5.41) is 30.4. The standard InChI is InChI=1S/C24H26N4O4/c1-15-7-4-8-16(2)19(15)13-12-18-9-5-10-20(23(18)31)25-26-22-17(3)27-28(24(22)32)14-6-11-21(29)30/h4-5,7-10,12-13,27,31H,6,11,14H2,1-3H3,(H,29,30)/b13-12+,26-25?. The molecule has 0 bridgehead atoms. The van der Waals surface area contributed by atoms with Gasteiger partial charge in [-0.2, -0.15) is 0 Å². The monoisotopic (exact) mass is 434 g/mol. The first-order valence-electron chi connectivity index (χ1n) is 10.3. The van der Waals surface area contributed by atoms with Crippen molar-refractivity contribution in [2.45, 2.75) is 40.2 Å². The number of hydrogen-bond donors (Lipinski definition) is 3. The van der Waals surface area contributed by atoms with E-state index in [0.29, 0.717) is 17.7 Å². The zero-order valence-corrected chi connectivity index (χ0v) is 18.3. The molecule has 0 spiro atoms. The van der Waals surface area contributed by atoms with Gasteiger partial charge in [0.1, 0.15) is 11.4 Å². The quantitative estimate of drug-likeness (QED) is 0.331. The Morgan fingerprint density at radius 3 is 2.44 bits per heavy atom. The number of aliphatic carboxylic acids is 1. The summed E-state index contributed by atoms with van der Waals surface area (Å²) in [6.45, 7) is 5.99. The van der Waals surface area contributed by atoms with E-state index in [4.69, 9.17) is 5.11 Å². The third kappa shape index (κ3) is 5.21. The van der Waals surface area contributed by atoms with Gasteiger partial charge in [-0.05, 0) is 49.9 Å². The molecule has 3 aromatic rings. The SMILES string of the molecule is Cc1cccc(C)c1/C=C/c1cccc(N=Nc2c(C)[nH]n(CCCC(=O)O)c2=O)c1O. The summed E-state index contributed by atoms with van der Waals surface area (Å²) >= 11 is 0. The van der Waals surface area contributed by atoms with Crippen LogP contribution in [-0.4, -0.2) is 26.0 Å². The molecule has 2 aromatic carbocycles. The van der Waals surface area contributed by atoms with Gasteiger partial charge in [0.15, 0.2) is 5.69 Å². The number of azo groups is 1. The smallest absolute Gasteiger partial charge is 0.303 e. The molecule has 0 unspecified atom stereocenters. The first-order chi connectivity index (χ1) is 15.3. The van der Waals surface area contributed by atoms with E-state index in [1.165, 1.54) is 4.68 Å². The van der Waals surface area contributed by atoms with E-state index in [2.05, 4.69) is 15.3 Å². The van der Waals surface area contributed by atoms with Gasteiger partial charge in [-0.25, -0.2) is 0 Å². The van der Waals surface area contributed by atoms with Crippen LogP contribution in [0.3, 0.4) is 0 Å². The zero-order chi connectivity index (χ0) is 23.3. The molecule has 0 atom stereocenters. The topological polar surface area (TPSA) is 120 Å². The van der Waals surface area contributed by atoms with E-state index in [1.807, 2.05) is 44.2 Å². The van der Waals surface area contributed by atoms with E-state index in [9.17, 15) is 14.7 Å². The van der Waals surface area contributed by atoms with Crippen molar-refractivity contribution in [3.8, 4) is 5.75 Å². The van der Waals surface area contributed by atoms with Crippen LogP contribution in [0.4, 0.5) is 11.4 Å². The molecule has 0 aliphatic rings. The molecule has 32 heavy (non-hydrogen) atoms. The van der Waals surface area contributed by atoms with E-state index >= 15 is 0 Å². The maximum atomic E-state index is 12.5. The maximum Gasteiger partial charge on any atom is 0.303 e. The van der Waals surface area contributed by atoms with Crippen molar-refractivity contribution in [2.24, 2.45) is 10.2 Å². The van der Waals surface area contributed by atoms with Crippen LogP contribution in [0.2, 0.25) is 0 Å². The minimum absolute atomic E-state index is 0.0302. The molecule has 166 valence electrons. The largest absolute Gasteiger partial charge is 0.505 e. The lowest BCUT2D eigenvalue weighted by Gasteiger charge is -2.05. The summed E-state index contributed by atoms with van der Waals surface area (Å²) in [4.78, 5) is 23.2. The van der Waals surface area contributed by atoms with Crippen molar-refractivity contribution in [3.63, 3.8) is 0 Å². The number of nitrogens with one attached hydrogen (secondary N) is 1. The molecule has 0 amide bonds. The molecular formula is C24H26N4O4. The van der Waals surface area contributed by atoms with E-state index in [0.717, 1.165) is 16.7 Å². The molecule has 8 nitrogen and oxygen atoms in total. The minimum Gasteiger partial charge on any atom is -0.505 e. The third-order valence-electron chi connectivity index (χ3n) is 5.15. The van der Waals surface area contributed by atoms with Crippen molar-refractivity contribution in [1.82, 2.24) is 9.78 Å². The lowest BCUT2D eigenvalue weighted by Crippen LogP contribution is -2.17. The number of carboxylic acid groups (broad SMARTS) is 1. The van der Waals surface area contributed by atoms with Gasteiger partial charge >= 0.3 is 5.97 Å². The van der Waals surface area contributed by atoms with Gasteiger partial charge < -0.3 is 10.2 Å². The van der Waals surface area contributed by atoms with Crippen LogP contribution in [0.5, 0.6) is 5.75 Å². The first-order valence-corrected chi connectivity index (χ1v) is 10.3. The molecule has 8 heteroatoms. The average Bonchev–Trinajstić information content (AvgIpc) is 3.00. The Hall–Kier alpha value is -3.94. The number of benzene rings is 2. The normalized spacial score (nSPS) is 11.6. The van der Waals surface area contributed by atoms with Gasteiger partial charge in [0.05, 0.1) is 5.69 Å². The predicted octanol–water partition coefficient (Wildman–Crippen LogP) is 5.26. The van der Waals surface area contributed by atoms with Crippen LogP contribution in [0, 0.1) is 20.8 Å². The van der Waals surface area contributed by atoms with Crippen molar-refractivity contribution >= 4 is 29.5 Å². The molecule has 1 heterocycles. The number of carbonyl (C=O) groups is 1. The number of H-pyrrole nitrogens is 1. The highest BCUT2D eigenvalue weighted by atomic mass is 16.4. The summed E-state index contributed by atoms with van der Waals surface area (Å²) in [5.41, 5.74) is 4.44. The lowest BCUT2D eigenvalue weighted by molar-refractivity contribution is -0.137. The van der Waals surface area contributed by atoms with E-state index < -0.39 is 5.97 Å². The Kier molecular flexibility index (Phi) is 7.04. The summed E-state index contributed by atoms with van der Waals surface area (Å²) in [6.07, 6.45) is 4.06. The van der Waals surface area contributed by atoms with Crippen LogP contribution in [0.1, 0.15) is 40.8 Å².